The van der Waals surface area contributed by atoms with Crippen molar-refractivity contribution in [1.29, 1.82) is 0 Å². The lowest BCUT2D eigenvalue weighted by molar-refractivity contribution is 0.100. The van der Waals surface area contributed by atoms with Crippen LogP contribution in [0.5, 0.6) is 0 Å². The van der Waals surface area contributed by atoms with E-state index in [0.717, 1.165) is 6.07 Å². The van der Waals surface area contributed by atoms with Crippen LogP contribution in [0, 0.1) is 5.82 Å². The molecule has 0 unspecified atom stereocenters. The van der Waals surface area contributed by atoms with Gasteiger partial charge in [0.1, 0.15) is 5.15 Å². The molecule has 0 bridgehead atoms. The highest BCUT2D eigenvalue weighted by molar-refractivity contribution is 6.34. The largest absolute Gasteiger partial charge is 0.324 e. The monoisotopic (exact) mass is 222 g/mol. The van der Waals surface area contributed by atoms with E-state index in [9.17, 15) is 9.18 Å². The molecule has 0 saturated heterocycles. The van der Waals surface area contributed by atoms with Gasteiger partial charge < -0.3 is 5.73 Å². The number of Topliss-reactive ketones (excluding diaryl/α,β-unsaturated/α-hetero) is 1. The molecule has 1 aromatic rings. The van der Waals surface area contributed by atoms with Crippen molar-refractivity contribution in [3.8, 4) is 0 Å². The van der Waals surface area contributed by atoms with Crippen molar-refractivity contribution in [2.75, 3.05) is 6.54 Å². The van der Waals surface area contributed by atoms with Crippen LogP contribution in [0.2, 0.25) is 10.3 Å². The zero-order chi connectivity index (χ0) is 10.0. The molecular formula is C7H5Cl2FN2O. The molecule has 2 N–H and O–H groups in total. The molecule has 0 aromatic carbocycles. The summed E-state index contributed by atoms with van der Waals surface area (Å²) in [6.45, 7) is -0.248. The summed E-state index contributed by atoms with van der Waals surface area (Å²) in [5.41, 5.74) is 5.02. The topological polar surface area (TPSA) is 56.0 Å². The van der Waals surface area contributed by atoms with E-state index in [-0.39, 0.29) is 22.4 Å². The van der Waals surface area contributed by atoms with E-state index in [0.29, 0.717) is 0 Å². The molecule has 0 spiro atoms. The minimum Gasteiger partial charge on any atom is -0.324 e. The molecule has 1 rings (SSSR count). The van der Waals surface area contributed by atoms with Crippen molar-refractivity contribution >= 4 is 29.0 Å². The van der Waals surface area contributed by atoms with Crippen LogP contribution >= 0.6 is 23.2 Å². The molecule has 3 nitrogen and oxygen atoms in total. The van der Waals surface area contributed by atoms with Gasteiger partial charge in [-0.05, 0) is 6.07 Å². The Bertz CT molecular complexity index is 357. The predicted octanol–water partition coefficient (Wildman–Crippen LogP) is 1.67. The van der Waals surface area contributed by atoms with E-state index in [1.165, 1.54) is 0 Å². The number of carbonyl (C=O) groups is 1. The summed E-state index contributed by atoms with van der Waals surface area (Å²) in [6, 6.07) is 0.923. The van der Waals surface area contributed by atoms with Gasteiger partial charge in [-0.3, -0.25) is 4.79 Å². The van der Waals surface area contributed by atoms with Crippen LogP contribution in [0.3, 0.4) is 0 Å². The summed E-state index contributed by atoms with van der Waals surface area (Å²) in [5.74, 6) is -1.27. The quantitative estimate of drug-likeness (QED) is 0.612. The van der Waals surface area contributed by atoms with E-state index < -0.39 is 11.6 Å². The first-order valence-electron chi connectivity index (χ1n) is 3.31. The molecule has 0 saturated carbocycles. The summed E-state index contributed by atoms with van der Waals surface area (Å²) in [5, 5.41) is -0.500. The lowest BCUT2D eigenvalue weighted by Gasteiger charge is -2.01. The Morgan fingerprint density at radius 3 is 2.69 bits per heavy atom. The van der Waals surface area contributed by atoms with Gasteiger partial charge in [-0.15, -0.1) is 0 Å². The Kier molecular flexibility index (Phi) is 3.19. The van der Waals surface area contributed by atoms with Gasteiger partial charge in [0.2, 0.25) is 0 Å². The third-order valence-corrected chi connectivity index (χ3v) is 1.93. The SMILES string of the molecule is NCC(=O)c1cc(F)c(Cl)nc1Cl. The number of nitrogens with zero attached hydrogens (tertiary/aromatic N) is 1. The van der Waals surface area contributed by atoms with Gasteiger partial charge in [0.25, 0.3) is 0 Å². The van der Waals surface area contributed by atoms with E-state index in [4.69, 9.17) is 28.9 Å². The molecule has 0 aliphatic rings. The summed E-state index contributed by atoms with van der Waals surface area (Å²) in [6.07, 6.45) is 0. The van der Waals surface area contributed by atoms with Gasteiger partial charge in [-0.1, -0.05) is 23.2 Å². The number of hydrogen-bond acceptors (Lipinski definition) is 3. The molecule has 0 aliphatic heterocycles. The van der Waals surface area contributed by atoms with Gasteiger partial charge in [0.05, 0.1) is 12.1 Å². The lowest BCUT2D eigenvalue weighted by Crippen LogP contribution is -2.14. The number of nitrogens with two attached hydrogens (primary N) is 1. The first kappa shape index (κ1) is 10.4. The van der Waals surface area contributed by atoms with Crippen LogP contribution in [0.4, 0.5) is 4.39 Å². The van der Waals surface area contributed by atoms with Crippen LogP contribution < -0.4 is 5.73 Å². The number of carbonyl (C=O) groups excluding carboxylic acids is 1. The molecule has 0 fully saturated rings. The predicted molar refractivity (Wildman–Crippen MR) is 47.6 cm³/mol. The Morgan fingerprint density at radius 2 is 2.15 bits per heavy atom. The third kappa shape index (κ3) is 2.15. The maximum absolute atomic E-state index is 12.8. The van der Waals surface area contributed by atoms with Gasteiger partial charge in [-0.25, -0.2) is 9.37 Å². The summed E-state index contributed by atoms with van der Waals surface area (Å²) < 4.78 is 12.8. The van der Waals surface area contributed by atoms with E-state index in [1.54, 1.807) is 0 Å². The van der Waals surface area contributed by atoms with Crippen molar-refractivity contribution in [3.05, 3.63) is 27.8 Å². The highest BCUT2D eigenvalue weighted by Gasteiger charge is 2.13. The van der Waals surface area contributed by atoms with Gasteiger partial charge in [0, 0.05) is 0 Å². The molecule has 0 amide bonds. The summed E-state index contributed by atoms with van der Waals surface area (Å²) in [4.78, 5) is 14.5. The minimum atomic E-state index is -0.789. The number of aromatic nitrogens is 1. The molecule has 70 valence electrons. The fourth-order valence-corrected chi connectivity index (χ4v) is 1.18. The number of pyridine rings is 1. The van der Waals surface area contributed by atoms with E-state index >= 15 is 0 Å². The van der Waals surface area contributed by atoms with Crippen molar-refractivity contribution in [2.24, 2.45) is 5.73 Å². The number of rotatable bonds is 2. The molecule has 6 heteroatoms. The first-order chi connectivity index (χ1) is 6.06. The normalized spacial score (nSPS) is 10.2. The van der Waals surface area contributed by atoms with E-state index in [2.05, 4.69) is 4.98 Å². The third-order valence-electron chi connectivity index (χ3n) is 1.37. The maximum Gasteiger partial charge on any atom is 0.179 e. The molecule has 0 radical (unpaired) electrons. The zero-order valence-electron chi connectivity index (χ0n) is 6.35. The van der Waals surface area contributed by atoms with Crippen molar-refractivity contribution in [1.82, 2.24) is 4.98 Å². The van der Waals surface area contributed by atoms with Crippen LogP contribution in [-0.2, 0) is 0 Å². The Hall–Kier alpha value is -0.710. The zero-order valence-corrected chi connectivity index (χ0v) is 7.86. The molecule has 1 heterocycles. The van der Waals surface area contributed by atoms with Gasteiger partial charge in [0.15, 0.2) is 16.8 Å². The second-order valence-electron chi connectivity index (χ2n) is 2.23. The highest BCUT2D eigenvalue weighted by atomic mass is 35.5. The fraction of sp³-hybridized carbons (Fsp3) is 0.143. The van der Waals surface area contributed by atoms with Gasteiger partial charge >= 0.3 is 0 Å². The van der Waals surface area contributed by atoms with Crippen LogP contribution in [-0.4, -0.2) is 17.3 Å². The summed E-state index contributed by atoms with van der Waals surface area (Å²) >= 11 is 10.9. The second-order valence-corrected chi connectivity index (χ2v) is 2.94. The lowest BCUT2D eigenvalue weighted by atomic mass is 10.2. The van der Waals surface area contributed by atoms with Crippen LogP contribution in [0.15, 0.2) is 6.07 Å². The second kappa shape index (κ2) is 4.00. The Balaban J connectivity index is 3.23. The van der Waals surface area contributed by atoms with Crippen molar-refractivity contribution < 1.29 is 9.18 Å². The average molecular weight is 223 g/mol. The minimum absolute atomic E-state index is 0.0499. The average Bonchev–Trinajstić information content (AvgIpc) is 2.10. The maximum atomic E-state index is 12.8. The standard InChI is InChI=1S/C7H5Cl2FN2O/c8-6-3(5(13)2-11)1-4(10)7(9)12-6/h1H,2,11H2. The van der Waals surface area contributed by atoms with E-state index in [1.807, 2.05) is 0 Å². The first-order valence-corrected chi connectivity index (χ1v) is 4.06. The number of halogens is 3. The van der Waals surface area contributed by atoms with Crippen molar-refractivity contribution in [2.45, 2.75) is 0 Å². The molecule has 0 aliphatic carbocycles. The smallest absolute Gasteiger partial charge is 0.179 e. The molecule has 13 heavy (non-hydrogen) atoms. The molecule has 0 atom stereocenters. The highest BCUT2D eigenvalue weighted by Crippen LogP contribution is 2.20. The molecule has 1 aromatic heterocycles. The Labute approximate surface area is 83.7 Å². The van der Waals surface area contributed by atoms with Crippen LogP contribution in [0.1, 0.15) is 10.4 Å². The Morgan fingerprint density at radius 1 is 1.54 bits per heavy atom. The van der Waals surface area contributed by atoms with Crippen LogP contribution in [0.25, 0.3) is 0 Å². The van der Waals surface area contributed by atoms with Gasteiger partial charge in [-0.2, -0.15) is 0 Å². The van der Waals surface area contributed by atoms with Crippen molar-refractivity contribution in [3.63, 3.8) is 0 Å². The number of ketones is 1. The number of hydrogen-bond donors (Lipinski definition) is 1. The fourth-order valence-electron chi connectivity index (χ4n) is 0.751. The summed E-state index contributed by atoms with van der Waals surface area (Å²) in [7, 11) is 0. The molecular weight excluding hydrogens is 218 g/mol.